The van der Waals surface area contributed by atoms with Crippen LogP contribution in [0.25, 0.3) is 11.1 Å². The normalized spacial score (nSPS) is 10.2. The number of carbonyl (C=O) groups is 1. The number of Topliss-reactive ketones (excluding diaryl/α,β-unsaturated/α-hetero) is 1. The molecule has 2 rings (SSSR count). The molecule has 0 saturated heterocycles. The molecule has 0 aliphatic rings. The van der Waals surface area contributed by atoms with Crippen molar-refractivity contribution in [1.29, 1.82) is 0 Å². The summed E-state index contributed by atoms with van der Waals surface area (Å²) in [5, 5.41) is 0.449. The first-order chi connectivity index (χ1) is 9.56. The summed E-state index contributed by atoms with van der Waals surface area (Å²) >= 11 is 6.13. The summed E-state index contributed by atoms with van der Waals surface area (Å²) in [6.07, 6.45) is 0. The highest BCUT2D eigenvalue weighted by Crippen LogP contribution is 2.33. The van der Waals surface area contributed by atoms with E-state index in [9.17, 15) is 4.79 Å². The second kappa shape index (κ2) is 5.97. The van der Waals surface area contributed by atoms with Gasteiger partial charge in [-0.05, 0) is 42.3 Å². The van der Waals surface area contributed by atoms with Crippen molar-refractivity contribution < 1.29 is 14.3 Å². The van der Waals surface area contributed by atoms with Gasteiger partial charge in [-0.15, -0.1) is 0 Å². The number of ketones is 1. The number of ether oxygens (including phenoxy) is 2. The Kier molecular flexibility index (Phi) is 4.30. The third-order valence-electron chi connectivity index (χ3n) is 3.07. The van der Waals surface area contributed by atoms with Gasteiger partial charge in [0, 0.05) is 5.56 Å². The summed E-state index contributed by atoms with van der Waals surface area (Å²) < 4.78 is 10.5. The third kappa shape index (κ3) is 2.78. The summed E-state index contributed by atoms with van der Waals surface area (Å²) in [5.41, 5.74) is 2.39. The van der Waals surface area contributed by atoms with E-state index in [0.717, 1.165) is 11.1 Å². The molecule has 0 amide bonds. The molecular weight excluding hydrogens is 276 g/mol. The highest BCUT2D eigenvalue weighted by atomic mass is 35.5. The minimum absolute atomic E-state index is 0.0474. The molecule has 20 heavy (non-hydrogen) atoms. The van der Waals surface area contributed by atoms with E-state index < -0.39 is 0 Å². The first kappa shape index (κ1) is 14.4. The number of methoxy groups -OCH3 is 2. The molecule has 2 aromatic rings. The Balaban J connectivity index is 2.46. The fourth-order valence-electron chi connectivity index (χ4n) is 2.00. The van der Waals surface area contributed by atoms with Crippen molar-refractivity contribution >= 4 is 17.4 Å². The van der Waals surface area contributed by atoms with E-state index in [4.69, 9.17) is 21.1 Å². The van der Waals surface area contributed by atoms with Crippen LogP contribution in [-0.2, 0) is 0 Å². The highest BCUT2D eigenvalue weighted by Gasteiger charge is 2.10. The molecule has 4 heteroatoms. The van der Waals surface area contributed by atoms with Gasteiger partial charge in [-0.3, -0.25) is 4.79 Å². The van der Waals surface area contributed by atoms with Gasteiger partial charge in [0.25, 0.3) is 0 Å². The van der Waals surface area contributed by atoms with Gasteiger partial charge >= 0.3 is 0 Å². The molecule has 0 fully saturated rings. The molecule has 0 aliphatic carbocycles. The Labute approximate surface area is 123 Å². The van der Waals surface area contributed by atoms with Crippen LogP contribution in [0.4, 0.5) is 0 Å². The van der Waals surface area contributed by atoms with Gasteiger partial charge in [0.2, 0.25) is 0 Å². The zero-order valence-electron chi connectivity index (χ0n) is 11.6. The molecule has 0 spiro atoms. The predicted octanol–water partition coefficient (Wildman–Crippen LogP) is 4.23. The standard InChI is InChI=1S/C16H15ClO3/c1-10(18)13-6-4-11(8-14(13)17)12-5-7-15(19-2)16(9-12)20-3/h4-9H,1-3H3. The maximum absolute atomic E-state index is 11.4. The lowest BCUT2D eigenvalue weighted by Crippen LogP contribution is -1.94. The van der Waals surface area contributed by atoms with Crippen LogP contribution in [0.1, 0.15) is 17.3 Å². The van der Waals surface area contributed by atoms with Gasteiger partial charge in [-0.1, -0.05) is 23.7 Å². The first-order valence-electron chi connectivity index (χ1n) is 6.09. The molecule has 0 atom stereocenters. The van der Waals surface area contributed by atoms with Crippen molar-refractivity contribution in [2.75, 3.05) is 14.2 Å². The molecule has 0 aliphatic heterocycles. The molecule has 2 aromatic carbocycles. The zero-order valence-corrected chi connectivity index (χ0v) is 12.3. The van der Waals surface area contributed by atoms with E-state index in [0.29, 0.717) is 22.1 Å². The number of rotatable bonds is 4. The van der Waals surface area contributed by atoms with Crippen molar-refractivity contribution in [2.24, 2.45) is 0 Å². The Morgan fingerprint density at radius 1 is 0.950 bits per heavy atom. The maximum Gasteiger partial charge on any atom is 0.161 e. The van der Waals surface area contributed by atoms with E-state index >= 15 is 0 Å². The fraction of sp³-hybridized carbons (Fsp3) is 0.188. The van der Waals surface area contributed by atoms with Crippen molar-refractivity contribution in [1.82, 2.24) is 0 Å². The summed E-state index contributed by atoms with van der Waals surface area (Å²) in [4.78, 5) is 11.4. The number of hydrogen-bond donors (Lipinski definition) is 0. The molecule has 0 bridgehead atoms. The Morgan fingerprint density at radius 2 is 1.55 bits per heavy atom. The van der Waals surface area contributed by atoms with Gasteiger partial charge in [-0.25, -0.2) is 0 Å². The Bertz CT molecular complexity index is 650. The van der Waals surface area contributed by atoms with E-state index in [1.807, 2.05) is 24.3 Å². The highest BCUT2D eigenvalue weighted by molar-refractivity contribution is 6.34. The van der Waals surface area contributed by atoms with Gasteiger partial charge in [-0.2, -0.15) is 0 Å². The van der Waals surface area contributed by atoms with Gasteiger partial charge in [0.1, 0.15) is 0 Å². The van der Waals surface area contributed by atoms with Crippen molar-refractivity contribution in [3.8, 4) is 22.6 Å². The van der Waals surface area contributed by atoms with E-state index in [2.05, 4.69) is 0 Å². The van der Waals surface area contributed by atoms with Gasteiger partial charge in [0.05, 0.1) is 19.2 Å². The lowest BCUT2D eigenvalue weighted by atomic mass is 10.0. The number of halogens is 1. The minimum atomic E-state index is -0.0474. The van der Waals surface area contributed by atoms with Crippen LogP contribution in [0, 0.1) is 0 Å². The zero-order chi connectivity index (χ0) is 14.7. The fourth-order valence-corrected chi connectivity index (χ4v) is 2.31. The summed E-state index contributed by atoms with van der Waals surface area (Å²) in [5.74, 6) is 1.27. The predicted molar refractivity (Wildman–Crippen MR) is 80.0 cm³/mol. The Morgan fingerprint density at radius 3 is 2.10 bits per heavy atom. The third-order valence-corrected chi connectivity index (χ3v) is 3.38. The van der Waals surface area contributed by atoms with E-state index in [1.54, 1.807) is 26.4 Å². The molecule has 0 aromatic heterocycles. The van der Waals surface area contributed by atoms with Crippen LogP contribution in [0.15, 0.2) is 36.4 Å². The van der Waals surface area contributed by atoms with Crippen LogP contribution in [0.3, 0.4) is 0 Å². The minimum Gasteiger partial charge on any atom is -0.493 e. The second-order valence-corrected chi connectivity index (χ2v) is 4.73. The van der Waals surface area contributed by atoms with E-state index in [-0.39, 0.29) is 5.78 Å². The van der Waals surface area contributed by atoms with Crippen LogP contribution in [0.2, 0.25) is 5.02 Å². The van der Waals surface area contributed by atoms with Crippen molar-refractivity contribution in [2.45, 2.75) is 6.92 Å². The average Bonchev–Trinajstić information content (AvgIpc) is 2.45. The molecule has 3 nitrogen and oxygen atoms in total. The summed E-state index contributed by atoms with van der Waals surface area (Å²) in [7, 11) is 3.18. The molecular formula is C16H15ClO3. The average molecular weight is 291 g/mol. The summed E-state index contributed by atoms with van der Waals surface area (Å²) in [6.45, 7) is 1.50. The number of hydrogen-bond acceptors (Lipinski definition) is 3. The second-order valence-electron chi connectivity index (χ2n) is 4.32. The van der Waals surface area contributed by atoms with Gasteiger partial charge in [0.15, 0.2) is 17.3 Å². The van der Waals surface area contributed by atoms with Crippen LogP contribution in [0.5, 0.6) is 11.5 Å². The van der Waals surface area contributed by atoms with Gasteiger partial charge < -0.3 is 9.47 Å². The van der Waals surface area contributed by atoms with Crippen LogP contribution >= 0.6 is 11.6 Å². The molecule has 0 N–H and O–H groups in total. The van der Waals surface area contributed by atoms with Crippen LogP contribution < -0.4 is 9.47 Å². The largest absolute Gasteiger partial charge is 0.493 e. The maximum atomic E-state index is 11.4. The first-order valence-corrected chi connectivity index (χ1v) is 6.47. The van der Waals surface area contributed by atoms with Crippen molar-refractivity contribution in [3.63, 3.8) is 0 Å². The number of carbonyl (C=O) groups excluding carboxylic acids is 1. The smallest absolute Gasteiger partial charge is 0.161 e. The topological polar surface area (TPSA) is 35.5 Å². The van der Waals surface area contributed by atoms with E-state index in [1.165, 1.54) is 6.92 Å². The molecule has 0 heterocycles. The van der Waals surface area contributed by atoms with Crippen molar-refractivity contribution in [3.05, 3.63) is 47.0 Å². The molecule has 0 saturated carbocycles. The monoisotopic (exact) mass is 290 g/mol. The lowest BCUT2D eigenvalue weighted by molar-refractivity contribution is 0.101. The lowest BCUT2D eigenvalue weighted by Gasteiger charge is -2.10. The molecule has 0 radical (unpaired) electrons. The SMILES string of the molecule is COc1ccc(-c2ccc(C(C)=O)c(Cl)c2)cc1OC. The van der Waals surface area contributed by atoms with Crippen LogP contribution in [-0.4, -0.2) is 20.0 Å². The molecule has 0 unspecified atom stereocenters. The molecule has 104 valence electrons. The quantitative estimate of drug-likeness (QED) is 0.791. The number of benzene rings is 2. The summed E-state index contributed by atoms with van der Waals surface area (Å²) in [6, 6.07) is 11.0. The Hall–Kier alpha value is -2.00.